The molecular formula is C13H24N4O. The number of nitrogens with one attached hydrogen (secondary N) is 1. The van der Waals surface area contributed by atoms with E-state index in [0.29, 0.717) is 12.5 Å². The van der Waals surface area contributed by atoms with E-state index in [0.717, 1.165) is 37.8 Å². The third-order valence-electron chi connectivity index (χ3n) is 2.61. The highest BCUT2D eigenvalue weighted by molar-refractivity contribution is 5.41. The van der Waals surface area contributed by atoms with Crippen molar-refractivity contribution in [3.8, 4) is 5.88 Å². The molecule has 5 heteroatoms. The van der Waals surface area contributed by atoms with E-state index in [4.69, 9.17) is 4.74 Å². The van der Waals surface area contributed by atoms with Gasteiger partial charge in [-0.2, -0.15) is 4.98 Å². The molecule has 0 amide bonds. The fourth-order valence-electron chi connectivity index (χ4n) is 1.73. The number of ether oxygens (including phenoxy) is 1. The van der Waals surface area contributed by atoms with Crippen LogP contribution in [0.3, 0.4) is 0 Å². The average Bonchev–Trinajstić information content (AvgIpc) is 2.34. The fraction of sp³-hybridized carbons (Fsp3) is 0.692. The number of aryl methyl sites for hydroxylation is 1. The van der Waals surface area contributed by atoms with Crippen LogP contribution in [0.2, 0.25) is 0 Å². The highest BCUT2D eigenvalue weighted by atomic mass is 16.5. The number of hydrogen-bond acceptors (Lipinski definition) is 5. The molecule has 0 aliphatic heterocycles. The zero-order valence-corrected chi connectivity index (χ0v) is 11.9. The van der Waals surface area contributed by atoms with Crippen LogP contribution in [-0.4, -0.2) is 42.8 Å². The van der Waals surface area contributed by atoms with E-state index in [1.807, 2.05) is 19.9 Å². The fourth-order valence-corrected chi connectivity index (χ4v) is 1.73. The Kier molecular flexibility index (Phi) is 6.43. The van der Waals surface area contributed by atoms with Crippen molar-refractivity contribution in [2.24, 2.45) is 0 Å². The van der Waals surface area contributed by atoms with Gasteiger partial charge >= 0.3 is 0 Å². The minimum Gasteiger partial charge on any atom is -0.478 e. The molecule has 0 saturated heterocycles. The predicted octanol–water partition coefficient (Wildman–Crippen LogP) is 1.62. The predicted molar refractivity (Wildman–Crippen MR) is 74.4 cm³/mol. The van der Waals surface area contributed by atoms with Crippen LogP contribution < -0.4 is 15.0 Å². The molecule has 0 unspecified atom stereocenters. The van der Waals surface area contributed by atoms with Crippen LogP contribution in [0.25, 0.3) is 0 Å². The van der Waals surface area contributed by atoms with Crippen molar-refractivity contribution in [3.05, 3.63) is 11.9 Å². The molecule has 0 aromatic carbocycles. The third kappa shape index (κ3) is 4.49. The van der Waals surface area contributed by atoms with E-state index >= 15 is 0 Å². The van der Waals surface area contributed by atoms with Gasteiger partial charge in [-0.05, 0) is 27.3 Å². The molecule has 0 spiro atoms. The number of aromatic nitrogens is 2. The number of nitrogens with zero attached hydrogens (tertiary/aromatic N) is 3. The first-order valence-corrected chi connectivity index (χ1v) is 6.65. The SMILES string of the molecule is CCNCCN(CC)c1cc(OCC)nc(C)n1. The zero-order valence-electron chi connectivity index (χ0n) is 11.9. The molecule has 1 aromatic rings. The molecule has 0 aliphatic carbocycles. The Balaban J connectivity index is 2.77. The first-order chi connectivity index (χ1) is 8.71. The Morgan fingerprint density at radius 3 is 2.67 bits per heavy atom. The largest absolute Gasteiger partial charge is 0.478 e. The second-order valence-corrected chi connectivity index (χ2v) is 3.98. The summed E-state index contributed by atoms with van der Waals surface area (Å²) in [6.45, 7) is 12.5. The molecule has 1 aromatic heterocycles. The van der Waals surface area contributed by atoms with Crippen LogP contribution in [-0.2, 0) is 0 Å². The van der Waals surface area contributed by atoms with Gasteiger partial charge in [0.25, 0.3) is 0 Å². The second-order valence-electron chi connectivity index (χ2n) is 3.98. The van der Waals surface area contributed by atoms with E-state index in [2.05, 4.69) is 34.0 Å². The maximum absolute atomic E-state index is 5.45. The summed E-state index contributed by atoms with van der Waals surface area (Å²) in [6, 6.07) is 1.91. The Morgan fingerprint density at radius 1 is 1.28 bits per heavy atom. The van der Waals surface area contributed by atoms with Gasteiger partial charge in [0.15, 0.2) is 0 Å². The highest BCUT2D eigenvalue weighted by Crippen LogP contribution is 2.17. The molecule has 18 heavy (non-hydrogen) atoms. The summed E-state index contributed by atoms with van der Waals surface area (Å²) in [7, 11) is 0. The first kappa shape index (κ1) is 14.7. The Bertz CT molecular complexity index is 357. The Labute approximate surface area is 110 Å². The quantitative estimate of drug-likeness (QED) is 0.712. The molecule has 0 bridgehead atoms. The lowest BCUT2D eigenvalue weighted by atomic mass is 10.4. The van der Waals surface area contributed by atoms with E-state index in [1.165, 1.54) is 0 Å². The summed E-state index contributed by atoms with van der Waals surface area (Å²) in [5.41, 5.74) is 0. The van der Waals surface area contributed by atoms with Gasteiger partial charge in [-0.15, -0.1) is 0 Å². The van der Waals surface area contributed by atoms with Crippen molar-refractivity contribution < 1.29 is 4.74 Å². The van der Waals surface area contributed by atoms with Crippen molar-refractivity contribution in [1.82, 2.24) is 15.3 Å². The lowest BCUT2D eigenvalue weighted by molar-refractivity contribution is 0.325. The molecule has 1 rings (SSSR count). The topological polar surface area (TPSA) is 50.3 Å². The number of anilines is 1. The van der Waals surface area contributed by atoms with E-state index in [1.54, 1.807) is 0 Å². The number of likely N-dealkylation sites (N-methyl/N-ethyl adjacent to an activating group) is 2. The zero-order chi connectivity index (χ0) is 13.4. The number of rotatable bonds is 8. The van der Waals surface area contributed by atoms with Crippen molar-refractivity contribution >= 4 is 5.82 Å². The lowest BCUT2D eigenvalue weighted by Gasteiger charge is -2.22. The average molecular weight is 252 g/mol. The molecular weight excluding hydrogens is 228 g/mol. The standard InChI is InChI=1S/C13H24N4O/c1-5-14-8-9-17(6-2)12-10-13(18-7-3)16-11(4)15-12/h10,14H,5-9H2,1-4H3. The first-order valence-electron chi connectivity index (χ1n) is 6.65. The summed E-state index contributed by atoms with van der Waals surface area (Å²) >= 11 is 0. The molecule has 0 aliphatic rings. The van der Waals surface area contributed by atoms with Crippen molar-refractivity contribution in [1.29, 1.82) is 0 Å². The maximum atomic E-state index is 5.45. The lowest BCUT2D eigenvalue weighted by Crippen LogP contribution is -2.32. The molecule has 0 saturated carbocycles. The van der Waals surface area contributed by atoms with Crippen LogP contribution in [0.15, 0.2) is 6.07 Å². The minimum atomic E-state index is 0.624. The Hall–Kier alpha value is -1.36. The highest BCUT2D eigenvalue weighted by Gasteiger charge is 2.09. The Morgan fingerprint density at radius 2 is 2.06 bits per heavy atom. The molecule has 0 atom stereocenters. The maximum Gasteiger partial charge on any atom is 0.218 e. The van der Waals surface area contributed by atoms with Gasteiger partial charge in [0, 0.05) is 25.7 Å². The van der Waals surface area contributed by atoms with Gasteiger partial charge in [-0.1, -0.05) is 6.92 Å². The van der Waals surface area contributed by atoms with Gasteiger partial charge in [0.1, 0.15) is 11.6 Å². The van der Waals surface area contributed by atoms with E-state index < -0.39 is 0 Å². The monoisotopic (exact) mass is 252 g/mol. The normalized spacial score (nSPS) is 10.4. The van der Waals surface area contributed by atoms with Gasteiger partial charge in [-0.3, -0.25) is 0 Å². The smallest absolute Gasteiger partial charge is 0.218 e. The van der Waals surface area contributed by atoms with Crippen LogP contribution in [0.4, 0.5) is 5.82 Å². The summed E-state index contributed by atoms with van der Waals surface area (Å²) < 4.78 is 5.45. The molecule has 1 N–H and O–H groups in total. The van der Waals surface area contributed by atoms with Crippen LogP contribution in [0, 0.1) is 6.92 Å². The second kappa shape index (κ2) is 7.87. The van der Waals surface area contributed by atoms with Gasteiger partial charge in [0.2, 0.25) is 5.88 Å². The molecule has 0 radical (unpaired) electrons. The molecule has 102 valence electrons. The van der Waals surface area contributed by atoms with Gasteiger partial charge in [0.05, 0.1) is 6.61 Å². The van der Waals surface area contributed by atoms with Crippen molar-refractivity contribution in [2.75, 3.05) is 37.7 Å². The summed E-state index contributed by atoms with van der Waals surface area (Å²) in [5.74, 6) is 2.34. The van der Waals surface area contributed by atoms with E-state index in [-0.39, 0.29) is 0 Å². The van der Waals surface area contributed by atoms with Crippen LogP contribution in [0.5, 0.6) is 5.88 Å². The number of hydrogen-bond donors (Lipinski definition) is 1. The summed E-state index contributed by atoms with van der Waals surface area (Å²) in [5, 5.41) is 3.32. The van der Waals surface area contributed by atoms with E-state index in [9.17, 15) is 0 Å². The summed E-state index contributed by atoms with van der Waals surface area (Å²) in [6.07, 6.45) is 0. The van der Waals surface area contributed by atoms with Gasteiger partial charge < -0.3 is 15.0 Å². The molecule has 0 fully saturated rings. The molecule has 1 heterocycles. The van der Waals surface area contributed by atoms with Crippen LogP contribution in [0.1, 0.15) is 26.6 Å². The van der Waals surface area contributed by atoms with Crippen LogP contribution >= 0.6 is 0 Å². The summed E-state index contributed by atoms with van der Waals surface area (Å²) in [4.78, 5) is 11.0. The molecule has 5 nitrogen and oxygen atoms in total. The van der Waals surface area contributed by atoms with Gasteiger partial charge in [-0.25, -0.2) is 4.98 Å². The van der Waals surface area contributed by atoms with Crippen molar-refractivity contribution in [2.45, 2.75) is 27.7 Å². The minimum absolute atomic E-state index is 0.624. The third-order valence-corrected chi connectivity index (χ3v) is 2.61. The van der Waals surface area contributed by atoms with Crippen molar-refractivity contribution in [3.63, 3.8) is 0 Å².